The van der Waals surface area contributed by atoms with Crippen molar-refractivity contribution in [3.05, 3.63) is 70.3 Å². The van der Waals surface area contributed by atoms with Crippen LogP contribution in [0, 0.1) is 5.92 Å². The first kappa shape index (κ1) is 29.1. The van der Waals surface area contributed by atoms with Gasteiger partial charge in [0.15, 0.2) is 11.5 Å². The summed E-state index contributed by atoms with van der Waals surface area (Å²) in [5.41, 5.74) is 4.49. The van der Waals surface area contributed by atoms with Crippen LogP contribution >= 0.6 is 0 Å². The van der Waals surface area contributed by atoms with Crippen molar-refractivity contribution in [1.82, 2.24) is 5.32 Å². The molecular weight excluding hydrogens is 482 g/mol. The maximum Gasteiger partial charge on any atom is 0.407 e. The Morgan fingerprint density at radius 3 is 2.37 bits per heavy atom. The number of fused-ring (bicyclic) bond motifs is 1. The van der Waals surface area contributed by atoms with Gasteiger partial charge in [0.2, 0.25) is 0 Å². The van der Waals surface area contributed by atoms with Crippen LogP contribution in [0.15, 0.2) is 48.0 Å². The Hall–Kier alpha value is -3.48. The molecule has 0 spiro atoms. The fourth-order valence-corrected chi connectivity index (χ4v) is 5.50. The van der Waals surface area contributed by atoms with Crippen molar-refractivity contribution < 1.29 is 28.5 Å². The molecule has 0 saturated carbocycles. The topological polar surface area (TPSA) is 83.1 Å². The molecule has 4 atom stereocenters. The second-order valence-electron chi connectivity index (χ2n) is 10.3. The largest absolute Gasteiger partial charge is 0.493 e. The van der Waals surface area contributed by atoms with Crippen LogP contribution in [0.3, 0.4) is 0 Å². The molecule has 2 aromatic carbocycles. The maximum absolute atomic E-state index is 13.0. The summed E-state index contributed by atoms with van der Waals surface area (Å²) in [5.74, 6) is 0.418. The summed E-state index contributed by atoms with van der Waals surface area (Å²) in [5, 5.41) is 2.89. The van der Waals surface area contributed by atoms with Gasteiger partial charge in [-0.25, -0.2) is 9.59 Å². The van der Waals surface area contributed by atoms with Gasteiger partial charge in [-0.05, 0) is 62.1 Å². The lowest BCUT2D eigenvalue weighted by Crippen LogP contribution is -2.38. The number of benzene rings is 2. The van der Waals surface area contributed by atoms with Crippen molar-refractivity contribution in [1.29, 1.82) is 0 Å². The highest BCUT2D eigenvalue weighted by atomic mass is 16.6. The normalized spacial score (nSPS) is 19.0. The Kier molecular flexibility index (Phi) is 10.2. The minimum absolute atomic E-state index is 0.00806. The third-order valence-corrected chi connectivity index (χ3v) is 7.28. The van der Waals surface area contributed by atoms with E-state index in [0.717, 1.165) is 29.5 Å². The van der Waals surface area contributed by atoms with E-state index in [-0.39, 0.29) is 23.9 Å². The first-order valence-electron chi connectivity index (χ1n) is 13.2. The van der Waals surface area contributed by atoms with Crippen LogP contribution in [-0.2, 0) is 16.0 Å². The van der Waals surface area contributed by atoms with E-state index in [9.17, 15) is 9.59 Å². The highest BCUT2D eigenvalue weighted by molar-refractivity contribution is 5.94. The smallest absolute Gasteiger partial charge is 0.407 e. The van der Waals surface area contributed by atoms with Crippen LogP contribution in [0.4, 0.5) is 4.79 Å². The zero-order chi connectivity index (χ0) is 27.8. The number of rotatable bonds is 10. The number of allylic oxidation sites excluding steroid dienone is 2. The molecule has 0 saturated heterocycles. The third-order valence-electron chi connectivity index (χ3n) is 7.28. The molecule has 0 aliphatic heterocycles. The van der Waals surface area contributed by atoms with Gasteiger partial charge in [-0.2, -0.15) is 0 Å². The third kappa shape index (κ3) is 6.69. The molecule has 0 aromatic heterocycles. The molecule has 206 valence electrons. The number of alkyl carbamates (subject to hydrolysis) is 1. The zero-order valence-corrected chi connectivity index (χ0v) is 23.6. The highest BCUT2D eigenvalue weighted by Crippen LogP contribution is 2.52. The number of amides is 1. The Morgan fingerprint density at radius 2 is 1.76 bits per heavy atom. The molecule has 0 bridgehead atoms. The lowest BCUT2D eigenvalue weighted by molar-refractivity contribution is 0.0513. The van der Waals surface area contributed by atoms with E-state index in [1.54, 1.807) is 7.11 Å². The van der Waals surface area contributed by atoms with Crippen molar-refractivity contribution in [2.75, 3.05) is 21.3 Å². The van der Waals surface area contributed by atoms with Crippen molar-refractivity contribution in [2.45, 2.75) is 71.4 Å². The van der Waals surface area contributed by atoms with Crippen molar-refractivity contribution in [2.24, 2.45) is 5.92 Å². The second kappa shape index (κ2) is 13.4. The summed E-state index contributed by atoms with van der Waals surface area (Å²) in [6.45, 7) is 8.82. The fraction of sp³-hybridized carbons (Fsp3) is 0.484. The molecule has 7 heteroatoms. The number of carbonyl (C=O) groups is 2. The van der Waals surface area contributed by atoms with Gasteiger partial charge in [-0.15, -0.1) is 0 Å². The van der Waals surface area contributed by atoms with E-state index in [4.69, 9.17) is 18.9 Å². The quantitative estimate of drug-likeness (QED) is 0.274. The fourth-order valence-electron chi connectivity index (χ4n) is 5.50. The second-order valence-corrected chi connectivity index (χ2v) is 10.3. The van der Waals surface area contributed by atoms with Gasteiger partial charge in [0.25, 0.3) is 0 Å². The number of hydrogen-bond acceptors (Lipinski definition) is 6. The molecule has 2 aromatic rings. The number of hydrogen-bond donors (Lipinski definition) is 1. The Balaban J connectivity index is 2.01. The average Bonchev–Trinajstić information content (AvgIpc) is 2.90. The summed E-state index contributed by atoms with van der Waals surface area (Å²) in [6.07, 6.45) is 3.83. The molecular formula is C31H41NO6. The van der Waals surface area contributed by atoms with Crippen LogP contribution in [0.25, 0.3) is 0 Å². The zero-order valence-electron chi connectivity index (χ0n) is 23.6. The van der Waals surface area contributed by atoms with Gasteiger partial charge in [0.1, 0.15) is 11.7 Å². The lowest BCUT2D eigenvalue weighted by Gasteiger charge is -2.40. The van der Waals surface area contributed by atoms with E-state index < -0.39 is 12.1 Å². The van der Waals surface area contributed by atoms with E-state index in [1.807, 2.05) is 36.4 Å². The van der Waals surface area contributed by atoms with Crippen LogP contribution in [0.1, 0.15) is 85.8 Å². The molecule has 0 heterocycles. The number of nitrogens with one attached hydrogen (secondary N) is 1. The number of ether oxygens (including phenoxy) is 4. The predicted octanol–water partition coefficient (Wildman–Crippen LogP) is 6.76. The monoisotopic (exact) mass is 523 g/mol. The van der Waals surface area contributed by atoms with Gasteiger partial charge in [-0.1, -0.05) is 55.8 Å². The van der Waals surface area contributed by atoms with Crippen LogP contribution in [0.5, 0.6) is 11.5 Å². The number of carbonyl (C=O) groups excluding carboxylic acids is 2. The van der Waals surface area contributed by atoms with E-state index in [1.165, 1.54) is 19.8 Å². The van der Waals surface area contributed by atoms with Gasteiger partial charge in [0, 0.05) is 18.0 Å². The average molecular weight is 524 g/mol. The number of esters is 1. The van der Waals surface area contributed by atoms with Crippen LogP contribution in [-0.4, -0.2) is 39.5 Å². The first-order valence-corrected chi connectivity index (χ1v) is 13.2. The number of methoxy groups -OCH3 is 3. The van der Waals surface area contributed by atoms with E-state index in [0.29, 0.717) is 30.0 Å². The summed E-state index contributed by atoms with van der Waals surface area (Å²) >= 11 is 0. The molecule has 7 nitrogen and oxygen atoms in total. The molecule has 38 heavy (non-hydrogen) atoms. The molecule has 1 aliphatic carbocycles. The molecule has 1 aliphatic rings. The molecule has 0 radical (unpaired) electrons. The molecule has 1 amide bonds. The van der Waals surface area contributed by atoms with Gasteiger partial charge >= 0.3 is 12.1 Å². The van der Waals surface area contributed by atoms with Crippen LogP contribution in [0.2, 0.25) is 0 Å². The van der Waals surface area contributed by atoms with E-state index >= 15 is 0 Å². The first-order chi connectivity index (χ1) is 18.2. The van der Waals surface area contributed by atoms with Crippen LogP contribution < -0.4 is 14.8 Å². The van der Waals surface area contributed by atoms with Crippen molar-refractivity contribution >= 4 is 12.1 Å². The Bertz CT molecular complexity index is 1140. The SMILES string of the molecule is COC(=O)c1cc2c(c(OC)c1OC)[C@H](C)C[C@@H](OC(=O)NCc1ccccc1)[C@H]2[C@@H](C)CCC=C(C)C. The Labute approximate surface area is 226 Å². The Morgan fingerprint density at radius 1 is 1.08 bits per heavy atom. The molecule has 0 unspecified atom stereocenters. The maximum atomic E-state index is 13.0. The standard InChI is InChI=1S/C31H41NO6/c1-19(2)12-11-13-20(3)26-23-17-24(30(33)37-7)28(35-5)29(36-6)27(23)21(4)16-25(26)38-31(34)32-18-22-14-9-8-10-15-22/h8-10,12,14-15,17,20-21,25-26H,11,13,16,18H2,1-7H3,(H,32,34)/t20-,21+,25+,26-/m0/s1. The van der Waals surface area contributed by atoms with Gasteiger partial charge in [0.05, 0.1) is 21.3 Å². The van der Waals surface area contributed by atoms with Crippen molar-refractivity contribution in [3.63, 3.8) is 0 Å². The van der Waals surface area contributed by atoms with E-state index in [2.05, 4.69) is 39.1 Å². The summed E-state index contributed by atoms with van der Waals surface area (Å²) < 4.78 is 22.6. The predicted molar refractivity (Wildman–Crippen MR) is 148 cm³/mol. The van der Waals surface area contributed by atoms with Crippen molar-refractivity contribution in [3.8, 4) is 11.5 Å². The molecule has 0 fully saturated rings. The summed E-state index contributed by atoms with van der Waals surface area (Å²) in [4.78, 5) is 25.7. The summed E-state index contributed by atoms with van der Waals surface area (Å²) in [7, 11) is 4.45. The molecule has 1 N–H and O–H groups in total. The summed E-state index contributed by atoms with van der Waals surface area (Å²) in [6, 6.07) is 11.6. The highest BCUT2D eigenvalue weighted by Gasteiger charge is 2.42. The minimum Gasteiger partial charge on any atom is -0.493 e. The van der Waals surface area contributed by atoms with Gasteiger partial charge in [-0.3, -0.25) is 0 Å². The minimum atomic E-state index is -0.504. The van der Waals surface area contributed by atoms with Gasteiger partial charge < -0.3 is 24.3 Å². The molecule has 3 rings (SSSR count). The lowest BCUT2D eigenvalue weighted by atomic mass is 9.69.